The van der Waals surface area contributed by atoms with E-state index < -0.39 is 17.7 Å². The summed E-state index contributed by atoms with van der Waals surface area (Å²) in [6, 6.07) is 13.7. The van der Waals surface area contributed by atoms with Gasteiger partial charge < -0.3 is 15.4 Å². The Morgan fingerprint density at radius 3 is 2.72 bits per heavy atom. The van der Waals surface area contributed by atoms with Gasteiger partial charge in [0.1, 0.15) is 5.69 Å². The molecule has 3 N–H and O–H groups in total. The van der Waals surface area contributed by atoms with Gasteiger partial charge in [0.15, 0.2) is 0 Å². The van der Waals surface area contributed by atoms with Crippen LogP contribution in [0.5, 0.6) is 0 Å². The van der Waals surface area contributed by atoms with E-state index in [0.717, 1.165) is 17.3 Å². The SMILES string of the molecule is O=C(NC[C@@H]1CCCO1)C(=O)Nn1c(C(=O)Nc2cccc(Cl)c2)cc2cc(Br)ccc21. The van der Waals surface area contributed by atoms with Gasteiger partial charge in [-0.3, -0.25) is 19.8 Å². The van der Waals surface area contributed by atoms with Crippen LogP contribution < -0.4 is 16.1 Å². The number of hydrogen-bond acceptors (Lipinski definition) is 4. The van der Waals surface area contributed by atoms with Crippen LogP contribution in [-0.2, 0) is 14.3 Å². The molecule has 1 atom stereocenters. The smallest absolute Gasteiger partial charge is 0.328 e. The van der Waals surface area contributed by atoms with Crippen LogP contribution >= 0.6 is 27.5 Å². The fraction of sp³-hybridized carbons (Fsp3) is 0.227. The highest BCUT2D eigenvalue weighted by Gasteiger charge is 2.23. The third-order valence-electron chi connectivity index (χ3n) is 5.01. The van der Waals surface area contributed by atoms with Crippen LogP contribution in [-0.4, -0.2) is 41.7 Å². The third kappa shape index (κ3) is 5.12. The second-order valence-electron chi connectivity index (χ2n) is 7.32. The Morgan fingerprint density at radius 2 is 1.97 bits per heavy atom. The average molecular weight is 520 g/mol. The number of hydrogen-bond donors (Lipinski definition) is 3. The van der Waals surface area contributed by atoms with Gasteiger partial charge in [-0.05, 0) is 55.3 Å². The maximum Gasteiger partial charge on any atom is 0.328 e. The van der Waals surface area contributed by atoms with Crippen molar-refractivity contribution in [3.63, 3.8) is 0 Å². The number of carbonyl (C=O) groups is 3. The first-order valence-electron chi connectivity index (χ1n) is 9.99. The van der Waals surface area contributed by atoms with Crippen LogP contribution in [0.25, 0.3) is 10.9 Å². The largest absolute Gasteiger partial charge is 0.376 e. The van der Waals surface area contributed by atoms with Crippen LogP contribution in [0.2, 0.25) is 5.02 Å². The van der Waals surface area contributed by atoms with Gasteiger partial charge in [0.2, 0.25) is 0 Å². The number of amides is 3. The van der Waals surface area contributed by atoms with Gasteiger partial charge in [0.05, 0.1) is 11.6 Å². The summed E-state index contributed by atoms with van der Waals surface area (Å²) in [5, 5.41) is 6.51. The molecule has 0 aliphatic carbocycles. The Bertz CT molecular complexity index is 1190. The molecular weight excluding hydrogens is 500 g/mol. The summed E-state index contributed by atoms with van der Waals surface area (Å²) in [4.78, 5) is 37.9. The zero-order chi connectivity index (χ0) is 22.7. The van der Waals surface area contributed by atoms with E-state index in [1.165, 1.54) is 4.68 Å². The van der Waals surface area contributed by atoms with Crippen molar-refractivity contribution in [2.75, 3.05) is 23.9 Å². The normalized spacial score (nSPS) is 15.5. The maximum atomic E-state index is 13.0. The highest BCUT2D eigenvalue weighted by Crippen LogP contribution is 2.24. The zero-order valence-corrected chi connectivity index (χ0v) is 19.2. The molecule has 2 aromatic carbocycles. The summed E-state index contributed by atoms with van der Waals surface area (Å²) in [6.07, 6.45) is 1.69. The van der Waals surface area contributed by atoms with Crippen molar-refractivity contribution in [3.05, 3.63) is 63.7 Å². The highest BCUT2D eigenvalue weighted by molar-refractivity contribution is 9.10. The van der Waals surface area contributed by atoms with E-state index in [1.54, 1.807) is 42.5 Å². The number of carbonyl (C=O) groups excluding carboxylic acids is 3. The fourth-order valence-electron chi connectivity index (χ4n) is 3.48. The number of halogens is 2. The molecule has 1 aliphatic heterocycles. The Hall–Kier alpha value is -2.88. The summed E-state index contributed by atoms with van der Waals surface area (Å²) in [5.74, 6) is -2.17. The number of ether oxygens (including phenoxy) is 1. The number of benzene rings is 2. The first kappa shape index (κ1) is 22.3. The maximum absolute atomic E-state index is 13.0. The van der Waals surface area contributed by atoms with Gasteiger partial charge in [0, 0.05) is 33.7 Å². The summed E-state index contributed by atoms with van der Waals surface area (Å²) in [7, 11) is 0. The molecule has 0 spiro atoms. The molecule has 3 aromatic rings. The minimum absolute atomic E-state index is 0.0875. The molecule has 10 heteroatoms. The fourth-order valence-corrected chi connectivity index (χ4v) is 4.05. The molecule has 1 aliphatic rings. The van der Waals surface area contributed by atoms with Gasteiger partial charge in [-0.15, -0.1) is 0 Å². The second-order valence-corrected chi connectivity index (χ2v) is 8.67. The van der Waals surface area contributed by atoms with Gasteiger partial charge in [-0.25, -0.2) is 4.68 Å². The van der Waals surface area contributed by atoms with Crippen LogP contribution in [0, 0.1) is 0 Å². The van der Waals surface area contributed by atoms with E-state index in [1.807, 2.05) is 6.07 Å². The van der Waals surface area contributed by atoms with E-state index in [9.17, 15) is 14.4 Å². The van der Waals surface area contributed by atoms with Crippen LogP contribution in [0.4, 0.5) is 5.69 Å². The number of fused-ring (bicyclic) bond motifs is 1. The summed E-state index contributed by atoms with van der Waals surface area (Å²) in [6.45, 7) is 0.913. The van der Waals surface area contributed by atoms with E-state index in [4.69, 9.17) is 16.3 Å². The monoisotopic (exact) mass is 518 g/mol. The summed E-state index contributed by atoms with van der Waals surface area (Å²) in [5.41, 5.74) is 3.74. The van der Waals surface area contributed by atoms with Crippen LogP contribution in [0.15, 0.2) is 53.0 Å². The predicted molar refractivity (Wildman–Crippen MR) is 125 cm³/mol. The lowest BCUT2D eigenvalue weighted by atomic mass is 10.2. The number of rotatable bonds is 5. The van der Waals surface area contributed by atoms with Crippen LogP contribution in [0.3, 0.4) is 0 Å². The molecule has 3 amide bonds. The third-order valence-corrected chi connectivity index (χ3v) is 5.74. The van der Waals surface area contributed by atoms with Crippen molar-refractivity contribution in [3.8, 4) is 0 Å². The van der Waals surface area contributed by atoms with E-state index in [0.29, 0.717) is 28.2 Å². The molecule has 32 heavy (non-hydrogen) atoms. The molecule has 1 saturated heterocycles. The van der Waals surface area contributed by atoms with E-state index >= 15 is 0 Å². The van der Waals surface area contributed by atoms with Crippen molar-refractivity contribution in [1.29, 1.82) is 0 Å². The molecular formula is C22H20BrClN4O4. The highest BCUT2D eigenvalue weighted by atomic mass is 79.9. The first-order valence-corrected chi connectivity index (χ1v) is 11.2. The lowest BCUT2D eigenvalue weighted by Gasteiger charge is -2.14. The van der Waals surface area contributed by atoms with Crippen molar-refractivity contribution in [2.24, 2.45) is 0 Å². The Labute approximate surface area is 197 Å². The lowest BCUT2D eigenvalue weighted by Crippen LogP contribution is -2.42. The van der Waals surface area contributed by atoms with E-state index in [-0.39, 0.29) is 18.3 Å². The number of aromatic nitrogens is 1. The van der Waals surface area contributed by atoms with Gasteiger partial charge in [0.25, 0.3) is 5.91 Å². The molecule has 4 rings (SSSR count). The molecule has 166 valence electrons. The van der Waals surface area contributed by atoms with E-state index in [2.05, 4.69) is 32.0 Å². The second kappa shape index (κ2) is 9.72. The van der Waals surface area contributed by atoms with Crippen molar-refractivity contribution >= 4 is 61.8 Å². The minimum atomic E-state index is -0.889. The zero-order valence-electron chi connectivity index (χ0n) is 16.9. The van der Waals surface area contributed by atoms with Crippen LogP contribution in [0.1, 0.15) is 23.3 Å². The average Bonchev–Trinajstić information content (AvgIpc) is 3.40. The molecule has 0 radical (unpaired) electrons. The molecule has 1 aromatic heterocycles. The molecule has 2 heterocycles. The van der Waals surface area contributed by atoms with Crippen molar-refractivity contribution < 1.29 is 19.1 Å². The molecule has 0 bridgehead atoms. The Balaban J connectivity index is 1.56. The number of anilines is 1. The Morgan fingerprint density at radius 1 is 1.12 bits per heavy atom. The van der Waals surface area contributed by atoms with Gasteiger partial charge in [-0.2, -0.15) is 0 Å². The molecule has 0 unspecified atom stereocenters. The summed E-state index contributed by atoms with van der Waals surface area (Å²) >= 11 is 9.40. The first-order chi connectivity index (χ1) is 15.4. The van der Waals surface area contributed by atoms with Gasteiger partial charge in [-0.1, -0.05) is 33.6 Å². The molecule has 8 nitrogen and oxygen atoms in total. The Kier molecular flexibility index (Phi) is 6.78. The number of nitrogens with zero attached hydrogens (tertiary/aromatic N) is 1. The summed E-state index contributed by atoms with van der Waals surface area (Å²) < 4.78 is 7.57. The van der Waals surface area contributed by atoms with Crippen molar-refractivity contribution in [1.82, 2.24) is 9.99 Å². The predicted octanol–water partition coefficient (Wildman–Crippen LogP) is 3.67. The van der Waals surface area contributed by atoms with Gasteiger partial charge >= 0.3 is 11.8 Å². The van der Waals surface area contributed by atoms with Crippen molar-refractivity contribution in [2.45, 2.75) is 18.9 Å². The molecule has 1 fully saturated rings. The minimum Gasteiger partial charge on any atom is -0.376 e. The topological polar surface area (TPSA) is 101 Å². The standard InChI is InChI=1S/C22H20BrClN4O4/c23-14-6-7-18-13(9-14)10-19(20(29)26-16-4-1-3-15(24)11-16)28(18)27-22(31)21(30)25-12-17-5-2-8-32-17/h1,3-4,6-7,9-11,17H,2,5,8,12H2,(H,25,30)(H,26,29)(H,27,31)/t17-/m0/s1. The molecule has 0 saturated carbocycles. The number of nitrogens with one attached hydrogen (secondary N) is 3. The quantitative estimate of drug-likeness (QED) is 0.448. The lowest BCUT2D eigenvalue weighted by molar-refractivity contribution is -0.136.